The molecule has 1 fully saturated rings. The number of hydrogen-bond acceptors (Lipinski definition) is 6. The van der Waals surface area contributed by atoms with Crippen molar-refractivity contribution >= 4 is 5.97 Å². The lowest BCUT2D eigenvalue weighted by Crippen LogP contribution is -2.56. The molecule has 1 aliphatic heterocycles. The van der Waals surface area contributed by atoms with E-state index in [0.29, 0.717) is 0 Å². The van der Waals surface area contributed by atoms with Crippen molar-refractivity contribution in [2.75, 3.05) is 26.4 Å². The molecule has 1 atom stereocenters. The van der Waals surface area contributed by atoms with Crippen LogP contribution in [-0.4, -0.2) is 65.2 Å². The molecule has 0 saturated carbocycles. The van der Waals surface area contributed by atoms with Crippen molar-refractivity contribution in [3.8, 4) is 0 Å². The molecule has 1 unspecified atom stereocenters. The Hall–Kier alpha value is -0.830. The van der Waals surface area contributed by atoms with Gasteiger partial charge in [0.05, 0.1) is 31.8 Å². The van der Waals surface area contributed by atoms with Gasteiger partial charge in [-0.25, -0.2) is 4.79 Å². The van der Waals surface area contributed by atoms with Gasteiger partial charge in [0.15, 0.2) is 0 Å². The molecule has 6 nitrogen and oxygen atoms in total. The van der Waals surface area contributed by atoms with Crippen molar-refractivity contribution in [2.45, 2.75) is 24.0 Å². The van der Waals surface area contributed by atoms with Gasteiger partial charge in [-0.2, -0.15) is 8.78 Å². The van der Waals surface area contributed by atoms with Crippen LogP contribution in [0.15, 0.2) is 0 Å². The van der Waals surface area contributed by atoms with E-state index in [2.05, 4.69) is 10.1 Å². The first-order valence-corrected chi connectivity index (χ1v) is 5.05. The molecule has 0 radical (unpaired) electrons. The Morgan fingerprint density at radius 1 is 1.35 bits per heavy atom. The monoisotopic (exact) mass is 255 g/mol. The number of rotatable bonds is 6. The molecule has 0 aromatic rings. The predicted molar refractivity (Wildman–Crippen MR) is 51.4 cm³/mol. The first-order chi connectivity index (χ1) is 7.89. The van der Waals surface area contributed by atoms with Gasteiger partial charge in [0.2, 0.25) is 0 Å². The van der Waals surface area contributed by atoms with Crippen LogP contribution in [0.4, 0.5) is 8.78 Å². The van der Waals surface area contributed by atoms with Crippen molar-refractivity contribution in [1.82, 2.24) is 5.32 Å². The fourth-order valence-electron chi connectivity index (χ4n) is 1.41. The van der Waals surface area contributed by atoms with Crippen LogP contribution in [0.3, 0.4) is 0 Å². The van der Waals surface area contributed by atoms with Gasteiger partial charge in [-0.1, -0.05) is 0 Å². The molecule has 17 heavy (non-hydrogen) atoms. The number of esters is 1. The van der Waals surface area contributed by atoms with E-state index >= 15 is 0 Å². The van der Waals surface area contributed by atoms with Crippen molar-refractivity contribution in [2.24, 2.45) is 0 Å². The Morgan fingerprint density at radius 2 is 1.88 bits per heavy atom. The summed E-state index contributed by atoms with van der Waals surface area (Å²) in [4.78, 5) is 10.7. The quantitative estimate of drug-likeness (QED) is 0.420. The lowest BCUT2D eigenvalue weighted by atomic mass is 10.0. The molecule has 0 aromatic carbocycles. The standard InChI is InChI=1S/C9H15F2NO5/c10-9(11)1-6(17-7(9)16)2-12-8(3-13,4-14)5-15/h6,12-15H,1-5H2. The molecule has 1 rings (SSSR count). The average molecular weight is 255 g/mol. The molecule has 100 valence electrons. The number of ether oxygens (including phenoxy) is 1. The van der Waals surface area contributed by atoms with Crippen LogP contribution in [-0.2, 0) is 9.53 Å². The SMILES string of the molecule is O=C1OC(CNC(CO)(CO)CO)CC1(F)F. The molecular weight excluding hydrogens is 240 g/mol. The third kappa shape index (κ3) is 3.09. The van der Waals surface area contributed by atoms with E-state index in [1.54, 1.807) is 0 Å². The summed E-state index contributed by atoms with van der Waals surface area (Å²) in [5.41, 5.74) is -1.37. The van der Waals surface area contributed by atoms with Crippen LogP contribution >= 0.6 is 0 Å². The highest BCUT2D eigenvalue weighted by molar-refractivity contribution is 5.79. The third-order valence-electron chi connectivity index (χ3n) is 2.67. The third-order valence-corrected chi connectivity index (χ3v) is 2.67. The summed E-state index contributed by atoms with van der Waals surface area (Å²) in [5.74, 6) is -5.07. The Balaban J connectivity index is 2.49. The maximum Gasteiger partial charge on any atom is 0.377 e. The van der Waals surface area contributed by atoms with Crippen LogP contribution in [0.25, 0.3) is 0 Å². The highest BCUT2D eigenvalue weighted by Gasteiger charge is 2.50. The first kappa shape index (κ1) is 14.2. The van der Waals surface area contributed by atoms with Crippen molar-refractivity contribution in [3.05, 3.63) is 0 Å². The Kier molecular flexibility index (Phi) is 4.36. The zero-order valence-electron chi connectivity index (χ0n) is 9.03. The molecule has 0 spiro atoms. The number of carbonyl (C=O) groups excluding carboxylic acids is 1. The topological polar surface area (TPSA) is 99.0 Å². The number of alkyl halides is 2. The number of aliphatic hydroxyl groups is 3. The second-order valence-electron chi connectivity index (χ2n) is 4.07. The van der Waals surface area contributed by atoms with Gasteiger partial charge >= 0.3 is 11.9 Å². The van der Waals surface area contributed by atoms with Crippen LogP contribution in [0.1, 0.15) is 6.42 Å². The largest absolute Gasteiger partial charge is 0.456 e. The summed E-state index contributed by atoms with van der Waals surface area (Å²) in [6.07, 6.45) is -1.79. The summed E-state index contributed by atoms with van der Waals surface area (Å²) >= 11 is 0. The minimum Gasteiger partial charge on any atom is -0.456 e. The lowest BCUT2D eigenvalue weighted by molar-refractivity contribution is -0.159. The minimum absolute atomic E-state index is 0.178. The van der Waals surface area contributed by atoms with Gasteiger partial charge in [-0.05, 0) is 0 Å². The smallest absolute Gasteiger partial charge is 0.377 e. The van der Waals surface area contributed by atoms with E-state index in [1.807, 2.05) is 0 Å². The second kappa shape index (κ2) is 5.21. The van der Waals surface area contributed by atoms with Crippen molar-refractivity contribution in [1.29, 1.82) is 0 Å². The maximum atomic E-state index is 12.8. The summed E-state index contributed by atoms with van der Waals surface area (Å²) < 4.78 is 30.0. The molecule has 4 N–H and O–H groups in total. The molecule has 1 saturated heterocycles. The fraction of sp³-hybridized carbons (Fsp3) is 0.889. The van der Waals surface area contributed by atoms with Gasteiger partial charge in [0.1, 0.15) is 6.10 Å². The van der Waals surface area contributed by atoms with Crippen LogP contribution in [0.2, 0.25) is 0 Å². The van der Waals surface area contributed by atoms with E-state index in [-0.39, 0.29) is 6.54 Å². The molecule has 1 aliphatic rings. The zero-order valence-corrected chi connectivity index (χ0v) is 9.03. The van der Waals surface area contributed by atoms with Crippen LogP contribution < -0.4 is 5.32 Å². The molecule has 0 bridgehead atoms. The van der Waals surface area contributed by atoms with Gasteiger partial charge in [-0.15, -0.1) is 0 Å². The molecule has 0 amide bonds. The highest BCUT2D eigenvalue weighted by atomic mass is 19.3. The van der Waals surface area contributed by atoms with Gasteiger partial charge in [0, 0.05) is 6.54 Å². The minimum atomic E-state index is -3.49. The summed E-state index contributed by atoms with van der Waals surface area (Å²) in [6.45, 7) is -1.89. The Labute approximate surface area is 96.2 Å². The molecule has 0 aliphatic carbocycles. The van der Waals surface area contributed by atoms with E-state index in [9.17, 15) is 13.6 Å². The molecule has 1 heterocycles. The van der Waals surface area contributed by atoms with E-state index in [0.717, 1.165) is 0 Å². The highest BCUT2D eigenvalue weighted by Crippen LogP contribution is 2.30. The van der Waals surface area contributed by atoms with Crippen LogP contribution in [0.5, 0.6) is 0 Å². The zero-order chi connectivity index (χ0) is 13.1. The number of cyclic esters (lactones) is 1. The summed E-state index contributed by atoms with van der Waals surface area (Å²) in [5, 5.41) is 29.4. The van der Waals surface area contributed by atoms with Crippen LogP contribution in [0, 0.1) is 0 Å². The molecular formula is C9H15F2NO5. The lowest BCUT2D eigenvalue weighted by Gasteiger charge is -2.29. The van der Waals surface area contributed by atoms with Crippen molar-refractivity contribution in [3.63, 3.8) is 0 Å². The van der Waals surface area contributed by atoms with Crippen molar-refractivity contribution < 1.29 is 33.6 Å². The normalized spacial score (nSPS) is 23.8. The Morgan fingerprint density at radius 3 is 2.24 bits per heavy atom. The van der Waals surface area contributed by atoms with Gasteiger partial charge < -0.3 is 25.4 Å². The fourth-order valence-corrected chi connectivity index (χ4v) is 1.41. The predicted octanol–water partition coefficient (Wildman–Crippen LogP) is -1.76. The van der Waals surface area contributed by atoms with Gasteiger partial charge in [-0.3, -0.25) is 0 Å². The Bertz CT molecular complexity index is 274. The second-order valence-corrected chi connectivity index (χ2v) is 4.07. The van der Waals surface area contributed by atoms with Gasteiger partial charge in [0.25, 0.3) is 0 Å². The number of aliphatic hydroxyl groups excluding tert-OH is 3. The number of carbonyl (C=O) groups is 1. The molecule has 0 aromatic heterocycles. The summed E-state index contributed by atoms with van der Waals surface area (Å²) in [7, 11) is 0. The molecule has 8 heteroatoms. The van der Waals surface area contributed by atoms with E-state index in [4.69, 9.17) is 15.3 Å². The van der Waals surface area contributed by atoms with E-state index in [1.165, 1.54) is 0 Å². The number of hydrogen-bond donors (Lipinski definition) is 4. The summed E-state index contributed by atoms with van der Waals surface area (Å²) in [6, 6.07) is 0. The first-order valence-electron chi connectivity index (χ1n) is 5.05. The number of nitrogens with one attached hydrogen (secondary N) is 1. The van der Waals surface area contributed by atoms with E-state index < -0.39 is 49.8 Å². The average Bonchev–Trinajstić information content (AvgIpc) is 2.56. The maximum absolute atomic E-state index is 12.8. The number of halogens is 2.